The molecule has 0 saturated heterocycles. The van der Waals surface area contributed by atoms with E-state index in [0.717, 1.165) is 29.2 Å². The van der Waals surface area contributed by atoms with Crippen LogP contribution in [0.2, 0.25) is 0 Å². The number of carbonyl (C=O) groups excluding carboxylic acids is 1. The van der Waals surface area contributed by atoms with E-state index in [1.807, 2.05) is 36.4 Å². The highest BCUT2D eigenvalue weighted by Crippen LogP contribution is 2.30. The van der Waals surface area contributed by atoms with Gasteiger partial charge in [-0.15, -0.1) is 0 Å². The van der Waals surface area contributed by atoms with Crippen LogP contribution in [0.5, 0.6) is 5.75 Å². The first-order valence-corrected chi connectivity index (χ1v) is 7.16. The highest BCUT2D eigenvalue weighted by molar-refractivity contribution is 6.02. The number of hydrogen-bond acceptors (Lipinski definition) is 3. The minimum atomic E-state index is -0.170. The van der Waals surface area contributed by atoms with Gasteiger partial charge in [0.25, 0.3) is 5.91 Å². The first kappa shape index (κ1) is 14.2. The van der Waals surface area contributed by atoms with E-state index in [-0.39, 0.29) is 5.91 Å². The lowest BCUT2D eigenvalue weighted by atomic mass is 10.1. The third-order valence-corrected chi connectivity index (χ3v) is 3.56. The molecule has 2 aromatic rings. The summed E-state index contributed by atoms with van der Waals surface area (Å²) in [5, 5.41) is 2.83. The summed E-state index contributed by atoms with van der Waals surface area (Å²) in [6, 6.07) is 15.8. The van der Waals surface area contributed by atoms with E-state index in [1.54, 1.807) is 6.92 Å². The van der Waals surface area contributed by atoms with Crippen LogP contribution in [-0.2, 0) is 11.3 Å². The van der Waals surface area contributed by atoms with E-state index >= 15 is 0 Å². The number of anilines is 2. The smallest absolute Gasteiger partial charge is 0.250 e. The van der Waals surface area contributed by atoms with Crippen LogP contribution >= 0.6 is 0 Å². The molecule has 0 unspecified atom stereocenters. The molecule has 0 aliphatic carbocycles. The van der Waals surface area contributed by atoms with Crippen LogP contribution in [0, 0.1) is 0 Å². The molecular weight excluding hydrogens is 276 g/mol. The van der Waals surface area contributed by atoms with Crippen LogP contribution in [0.1, 0.15) is 12.5 Å². The van der Waals surface area contributed by atoms with Gasteiger partial charge < -0.3 is 15.0 Å². The lowest BCUT2D eigenvalue weighted by Gasteiger charge is -2.31. The molecule has 1 N–H and O–H groups in total. The molecule has 22 heavy (non-hydrogen) atoms. The van der Waals surface area contributed by atoms with Crippen molar-refractivity contribution in [2.45, 2.75) is 13.5 Å². The van der Waals surface area contributed by atoms with Gasteiger partial charge in [0, 0.05) is 29.1 Å². The van der Waals surface area contributed by atoms with E-state index in [2.05, 4.69) is 28.9 Å². The Morgan fingerprint density at radius 1 is 1.23 bits per heavy atom. The Balaban J connectivity index is 1.80. The molecule has 0 aromatic heterocycles. The molecule has 0 bridgehead atoms. The Labute approximate surface area is 130 Å². The largest absolute Gasteiger partial charge is 0.473 e. The van der Waals surface area contributed by atoms with E-state index in [1.165, 1.54) is 0 Å². The minimum Gasteiger partial charge on any atom is -0.473 e. The zero-order valence-corrected chi connectivity index (χ0v) is 12.5. The molecule has 1 aliphatic rings. The second-order valence-electron chi connectivity index (χ2n) is 5.36. The fraction of sp³-hybridized carbons (Fsp3) is 0.167. The normalized spacial score (nSPS) is 13.0. The van der Waals surface area contributed by atoms with Crippen LogP contribution in [0.25, 0.3) is 0 Å². The SMILES string of the molecule is C=C(C)C(=O)Nc1ccc2c(c1)CN(c1ccccc1)CO2. The van der Waals surface area contributed by atoms with Crippen LogP contribution in [0.3, 0.4) is 0 Å². The van der Waals surface area contributed by atoms with Crippen molar-refractivity contribution in [3.8, 4) is 5.75 Å². The summed E-state index contributed by atoms with van der Waals surface area (Å²) in [4.78, 5) is 13.9. The Morgan fingerprint density at radius 3 is 2.73 bits per heavy atom. The van der Waals surface area contributed by atoms with Gasteiger partial charge in [0.15, 0.2) is 6.73 Å². The predicted octanol–water partition coefficient (Wildman–Crippen LogP) is 3.56. The van der Waals surface area contributed by atoms with Gasteiger partial charge in [0.1, 0.15) is 5.75 Å². The van der Waals surface area contributed by atoms with Crippen molar-refractivity contribution in [1.82, 2.24) is 0 Å². The highest BCUT2D eigenvalue weighted by Gasteiger charge is 2.18. The van der Waals surface area contributed by atoms with Crippen molar-refractivity contribution in [3.63, 3.8) is 0 Å². The lowest BCUT2D eigenvalue weighted by molar-refractivity contribution is -0.112. The number of hydrogen-bond donors (Lipinski definition) is 1. The van der Waals surface area contributed by atoms with E-state index < -0.39 is 0 Å². The molecule has 0 spiro atoms. The molecule has 1 aliphatic heterocycles. The van der Waals surface area contributed by atoms with Gasteiger partial charge in [0.05, 0.1) is 0 Å². The number of amides is 1. The Hall–Kier alpha value is -2.75. The van der Waals surface area contributed by atoms with Crippen LogP contribution in [0.15, 0.2) is 60.7 Å². The number of carbonyl (C=O) groups is 1. The second-order valence-corrected chi connectivity index (χ2v) is 5.36. The van der Waals surface area contributed by atoms with Crippen molar-refractivity contribution in [2.75, 3.05) is 16.9 Å². The lowest BCUT2D eigenvalue weighted by Crippen LogP contribution is -2.31. The van der Waals surface area contributed by atoms with Gasteiger partial charge in [-0.3, -0.25) is 4.79 Å². The number of para-hydroxylation sites is 1. The third-order valence-electron chi connectivity index (χ3n) is 3.56. The molecular formula is C18H18N2O2. The Morgan fingerprint density at radius 2 is 2.00 bits per heavy atom. The molecule has 1 heterocycles. The second kappa shape index (κ2) is 5.93. The first-order valence-electron chi connectivity index (χ1n) is 7.16. The van der Waals surface area contributed by atoms with Gasteiger partial charge in [0.2, 0.25) is 0 Å². The van der Waals surface area contributed by atoms with Crippen molar-refractivity contribution >= 4 is 17.3 Å². The van der Waals surface area contributed by atoms with Crippen LogP contribution in [-0.4, -0.2) is 12.6 Å². The third kappa shape index (κ3) is 2.96. The molecule has 0 fully saturated rings. The maximum atomic E-state index is 11.7. The topological polar surface area (TPSA) is 41.6 Å². The van der Waals surface area contributed by atoms with Gasteiger partial charge in [-0.25, -0.2) is 0 Å². The number of fused-ring (bicyclic) bond motifs is 1. The number of rotatable bonds is 3. The van der Waals surface area contributed by atoms with Gasteiger partial charge in [-0.05, 0) is 37.3 Å². The number of nitrogens with zero attached hydrogens (tertiary/aromatic N) is 1. The van der Waals surface area contributed by atoms with Crippen molar-refractivity contribution < 1.29 is 9.53 Å². The van der Waals surface area contributed by atoms with Crippen molar-refractivity contribution in [2.24, 2.45) is 0 Å². The molecule has 0 saturated carbocycles. The molecule has 1 amide bonds. The molecule has 2 aromatic carbocycles. The van der Waals surface area contributed by atoms with Crippen molar-refractivity contribution in [3.05, 3.63) is 66.2 Å². The molecule has 4 nitrogen and oxygen atoms in total. The number of nitrogens with one attached hydrogen (secondary N) is 1. The minimum absolute atomic E-state index is 0.170. The van der Waals surface area contributed by atoms with Gasteiger partial charge in [-0.2, -0.15) is 0 Å². The first-order chi connectivity index (χ1) is 10.6. The summed E-state index contributed by atoms with van der Waals surface area (Å²) >= 11 is 0. The molecule has 0 radical (unpaired) electrons. The standard InChI is InChI=1S/C18H18N2O2/c1-13(2)18(21)19-15-8-9-17-14(10-15)11-20(12-22-17)16-6-4-3-5-7-16/h3-10H,1,11-12H2,2H3,(H,19,21). The Kier molecular flexibility index (Phi) is 3.83. The van der Waals surface area contributed by atoms with Crippen LogP contribution < -0.4 is 15.0 Å². The van der Waals surface area contributed by atoms with E-state index in [9.17, 15) is 4.79 Å². The maximum Gasteiger partial charge on any atom is 0.250 e. The van der Waals surface area contributed by atoms with Gasteiger partial charge >= 0.3 is 0 Å². The Bertz CT molecular complexity index is 710. The van der Waals surface area contributed by atoms with E-state index in [4.69, 9.17) is 4.74 Å². The molecule has 4 heteroatoms. The zero-order valence-electron chi connectivity index (χ0n) is 12.5. The summed E-state index contributed by atoms with van der Waals surface area (Å²) in [5.74, 6) is 0.692. The summed E-state index contributed by atoms with van der Waals surface area (Å²) in [5.41, 5.74) is 3.41. The van der Waals surface area contributed by atoms with Gasteiger partial charge in [-0.1, -0.05) is 24.8 Å². The average molecular weight is 294 g/mol. The molecule has 0 atom stereocenters. The fourth-order valence-electron chi connectivity index (χ4n) is 2.36. The van der Waals surface area contributed by atoms with Crippen molar-refractivity contribution in [1.29, 1.82) is 0 Å². The fourth-order valence-corrected chi connectivity index (χ4v) is 2.36. The number of ether oxygens (including phenoxy) is 1. The quantitative estimate of drug-likeness (QED) is 0.880. The molecule has 3 rings (SSSR count). The average Bonchev–Trinajstić information content (AvgIpc) is 2.55. The predicted molar refractivity (Wildman–Crippen MR) is 88.0 cm³/mol. The number of benzene rings is 2. The summed E-state index contributed by atoms with van der Waals surface area (Å²) in [6.07, 6.45) is 0. The summed E-state index contributed by atoms with van der Waals surface area (Å²) < 4.78 is 5.79. The highest BCUT2D eigenvalue weighted by atomic mass is 16.5. The molecule has 112 valence electrons. The maximum absolute atomic E-state index is 11.7. The summed E-state index contributed by atoms with van der Waals surface area (Å²) in [6.45, 7) is 6.60. The monoisotopic (exact) mass is 294 g/mol. The van der Waals surface area contributed by atoms with Crippen LogP contribution in [0.4, 0.5) is 11.4 Å². The zero-order chi connectivity index (χ0) is 15.5. The van der Waals surface area contributed by atoms with E-state index in [0.29, 0.717) is 12.3 Å². The summed E-state index contributed by atoms with van der Waals surface area (Å²) in [7, 11) is 0.